The van der Waals surface area contributed by atoms with Gasteiger partial charge in [-0.05, 0) is 39.8 Å². The molecule has 1 rings (SSSR count). The molecule has 0 spiro atoms. The van der Waals surface area contributed by atoms with Gasteiger partial charge in [0.1, 0.15) is 0 Å². The molecule has 3 nitrogen and oxygen atoms in total. The van der Waals surface area contributed by atoms with Crippen molar-refractivity contribution >= 4 is 0 Å². The molecule has 14 heavy (non-hydrogen) atoms. The Morgan fingerprint density at radius 2 is 1.93 bits per heavy atom. The highest BCUT2D eigenvalue weighted by Gasteiger charge is 2.21. The number of hydrogen-bond donors (Lipinski definition) is 0. The van der Waals surface area contributed by atoms with Crippen molar-refractivity contribution < 1.29 is 14.2 Å². The lowest BCUT2D eigenvalue weighted by atomic mass is 10.3. The SMILES string of the molecule is CC(C)OC1=CC=COC1OC(C)C. The molecule has 0 radical (unpaired) electrons. The zero-order valence-electron chi connectivity index (χ0n) is 9.19. The summed E-state index contributed by atoms with van der Waals surface area (Å²) in [4.78, 5) is 0. The maximum Gasteiger partial charge on any atom is 0.258 e. The Bertz CT molecular complexity index is 229. The lowest BCUT2D eigenvalue weighted by Crippen LogP contribution is -2.26. The van der Waals surface area contributed by atoms with Crippen LogP contribution in [0.15, 0.2) is 24.2 Å². The van der Waals surface area contributed by atoms with Crippen LogP contribution in [-0.2, 0) is 14.2 Å². The fourth-order valence-electron chi connectivity index (χ4n) is 1.11. The monoisotopic (exact) mass is 198 g/mol. The predicted molar refractivity (Wildman–Crippen MR) is 54.5 cm³/mol. The van der Waals surface area contributed by atoms with Crippen molar-refractivity contribution in [1.29, 1.82) is 0 Å². The Kier molecular flexibility index (Phi) is 4.01. The molecule has 1 unspecified atom stereocenters. The third kappa shape index (κ3) is 3.42. The van der Waals surface area contributed by atoms with E-state index < -0.39 is 6.29 Å². The molecule has 0 saturated heterocycles. The molecule has 1 heterocycles. The summed E-state index contributed by atoms with van der Waals surface area (Å²) in [7, 11) is 0. The molecule has 80 valence electrons. The van der Waals surface area contributed by atoms with Gasteiger partial charge in [-0.15, -0.1) is 0 Å². The second-order valence-electron chi connectivity index (χ2n) is 3.72. The highest BCUT2D eigenvalue weighted by Crippen LogP contribution is 2.18. The van der Waals surface area contributed by atoms with Gasteiger partial charge in [0.2, 0.25) is 0 Å². The molecule has 0 amide bonds. The Hall–Kier alpha value is -0.960. The molecule has 1 aliphatic rings. The minimum Gasteiger partial charge on any atom is -0.489 e. The van der Waals surface area contributed by atoms with Gasteiger partial charge in [0.15, 0.2) is 5.76 Å². The van der Waals surface area contributed by atoms with Gasteiger partial charge in [0.25, 0.3) is 6.29 Å². The van der Waals surface area contributed by atoms with E-state index >= 15 is 0 Å². The van der Waals surface area contributed by atoms with Crippen LogP contribution in [-0.4, -0.2) is 18.5 Å². The molecule has 1 aliphatic heterocycles. The number of ether oxygens (including phenoxy) is 3. The van der Waals surface area contributed by atoms with Crippen molar-refractivity contribution in [3.05, 3.63) is 24.2 Å². The van der Waals surface area contributed by atoms with Gasteiger partial charge in [0, 0.05) is 0 Å². The minimum absolute atomic E-state index is 0.116. The van der Waals surface area contributed by atoms with Crippen molar-refractivity contribution in [2.24, 2.45) is 0 Å². The van der Waals surface area contributed by atoms with E-state index in [4.69, 9.17) is 14.2 Å². The zero-order valence-corrected chi connectivity index (χ0v) is 9.19. The summed E-state index contributed by atoms with van der Waals surface area (Å²) in [6.07, 6.45) is 5.14. The van der Waals surface area contributed by atoms with Crippen molar-refractivity contribution in [1.82, 2.24) is 0 Å². The lowest BCUT2D eigenvalue weighted by molar-refractivity contribution is -0.138. The summed E-state index contributed by atoms with van der Waals surface area (Å²) in [5, 5.41) is 0. The molecule has 0 bridgehead atoms. The van der Waals surface area contributed by atoms with Crippen molar-refractivity contribution in [2.45, 2.75) is 46.2 Å². The van der Waals surface area contributed by atoms with E-state index in [1.165, 1.54) is 0 Å². The summed E-state index contributed by atoms with van der Waals surface area (Å²) < 4.78 is 16.4. The summed E-state index contributed by atoms with van der Waals surface area (Å²) in [6.45, 7) is 7.89. The van der Waals surface area contributed by atoms with Crippen molar-refractivity contribution in [2.75, 3.05) is 0 Å². The minimum atomic E-state index is -0.401. The van der Waals surface area contributed by atoms with E-state index in [0.717, 1.165) is 5.76 Å². The van der Waals surface area contributed by atoms with Crippen LogP contribution in [0.5, 0.6) is 0 Å². The summed E-state index contributed by atoms with van der Waals surface area (Å²) >= 11 is 0. The van der Waals surface area contributed by atoms with Gasteiger partial charge in [-0.2, -0.15) is 0 Å². The molecule has 0 aromatic rings. The van der Waals surface area contributed by atoms with E-state index in [9.17, 15) is 0 Å². The van der Waals surface area contributed by atoms with Gasteiger partial charge < -0.3 is 14.2 Å². The molecule has 0 saturated carbocycles. The summed E-state index contributed by atoms with van der Waals surface area (Å²) in [5.41, 5.74) is 0. The van der Waals surface area contributed by atoms with Crippen LogP contribution in [0.2, 0.25) is 0 Å². The maximum absolute atomic E-state index is 5.56. The van der Waals surface area contributed by atoms with E-state index in [0.29, 0.717) is 0 Å². The molecule has 0 fully saturated rings. The highest BCUT2D eigenvalue weighted by atomic mass is 16.7. The Balaban J connectivity index is 2.57. The van der Waals surface area contributed by atoms with E-state index in [1.807, 2.05) is 33.8 Å². The quantitative estimate of drug-likeness (QED) is 0.695. The normalized spacial score (nSPS) is 21.0. The first-order valence-corrected chi connectivity index (χ1v) is 4.94. The summed E-state index contributed by atoms with van der Waals surface area (Å²) in [5.74, 6) is 0.733. The van der Waals surface area contributed by atoms with E-state index in [2.05, 4.69) is 0 Å². The first kappa shape index (κ1) is 11.1. The van der Waals surface area contributed by atoms with Gasteiger partial charge in [-0.25, -0.2) is 0 Å². The number of rotatable bonds is 4. The van der Waals surface area contributed by atoms with Crippen LogP contribution < -0.4 is 0 Å². The standard InChI is InChI=1S/C11H18O3/c1-8(2)13-10-6-5-7-12-11(10)14-9(3)4/h5-9,11H,1-4H3. The third-order valence-corrected chi connectivity index (χ3v) is 1.54. The molecule has 0 aromatic heterocycles. The second-order valence-corrected chi connectivity index (χ2v) is 3.72. The van der Waals surface area contributed by atoms with Gasteiger partial charge in [-0.3, -0.25) is 0 Å². The largest absolute Gasteiger partial charge is 0.489 e. The Morgan fingerprint density at radius 1 is 1.21 bits per heavy atom. The molecule has 1 atom stereocenters. The predicted octanol–water partition coefficient (Wildman–Crippen LogP) is 2.59. The average Bonchev–Trinajstić information content (AvgIpc) is 2.06. The number of hydrogen-bond acceptors (Lipinski definition) is 3. The Morgan fingerprint density at radius 3 is 2.50 bits per heavy atom. The fraction of sp³-hybridized carbons (Fsp3) is 0.636. The van der Waals surface area contributed by atoms with Crippen LogP contribution in [0.4, 0.5) is 0 Å². The molecule has 0 N–H and O–H groups in total. The van der Waals surface area contributed by atoms with Crippen molar-refractivity contribution in [3.63, 3.8) is 0 Å². The zero-order chi connectivity index (χ0) is 10.6. The fourth-order valence-corrected chi connectivity index (χ4v) is 1.11. The first-order chi connectivity index (χ1) is 6.59. The molecular weight excluding hydrogens is 180 g/mol. The smallest absolute Gasteiger partial charge is 0.258 e. The van der Waals surface area contributed by atoms with Gasteiger partial charge in [-0.1, -0.05) is 0 Å². The number of allylic oxidation sites excluding steroid dienone is 2. The molecule has 0 aliphatic carbocycles. The van der Waals surface area contributed by atoms with Crippen LogP contribution in [0.3, 0.4) is 0 Å². The van der Waals surface area contributed by atoms with Gasteiger partial charge >= 0.3 is 0 Å². The van der Waals surface area contributed by atoms with E-state index in [1.54, 1.807) is 12.3 Å². The van der Waals surface area contributed by atoms with Crippen LogP contribution >= 0.6 is 0 Å². The average molecular weight is 198 g/mol. The van der Waals surface area contributed by atoms with Gasteiger partial charge in [0.05, 0.1) is 18.5 Å². The maximum atomic E-state index is 5.56. The molecular formula is C11H18O3. The van der Waals surface area contributed by atoms with Crippen molar-refractivity contribution in [3.8, 4) is 0 Å². The summed E-state index contributed by atoms with van der Waals surface area (Å²) in [6, 6.07) is 0. The van der Waals surface area contributed by atoms with E-state index in [-0.39, 0.29) is 12.2 Å². The third-order valence-electron chi connectivity index (χ3n) is 1.54. The lowest BCUT2D eigenvalue weighted by Gasteiger charge is -2.25. The topological polar surface area (TPSA) is 27.7 Å². The molecule has 0 aromatic carbocycles. The highest BCUT2D eigenvalue weighted by molar-refractivity contribution is 5.12. The van der Waals surface area contributed by atoms with Crippen LogP contribution in [0.25, 0.3) is 0 Å². The molecule has 3 heteroatoms. The Labute approximate surface area is 85.3 Å². The second kappa shape index (κ2) is 5.05. The van der Waals surface area contributed by atoms with Crippen LogP contribution in [0.1, 0.15) is 27.7 Å². The van der Waals surface area contributed by atoms with Crippen LogP contribution in [0, 0.1) is 0 Å². The first-order valence-electron chi connectivity index (χ1n) is 4.94.